The van der Waals surface area contributed by atoms with Crippen LogP contribution in [0.25, 0.3) is 0 Å². The van der Waals surface area contributed by atoms with Crippen LogP contribution in [0.1, 0.15) is 33.1 Å². The van der Waals surface area contributed by atoms with E-state index < -0.39 is 0 Å². The van der Waals surface area contributed by atoms with Crippen molar-refractivity contribution in [3.63, 3.8) is 0 Å². The molecule has 0 radical (unpaired) electrons. The molecule has 1 unspecified atom stereocenters. The summed E-state index contributed by atoms with van der Waals surface area (Å²) in [5.41, 5.74) is -0.144. The van der Waals surface area contributed by atoms with Crippen molar-refractivity contribution in [3.05, 3.63) is 0 Å². The van der Waals surface area contributed by atoms with E-state index in [2.05, 4.69) is 37.7 Å². The van der Waals surface area contributed by atoms with Crippen molar-refractivity contribution in [1.29, 1.82) is 0 Å². The minimum atomic E-state index is -0.144. The third kappa shape index (κ3) is 4.76. The zero-order chi connectivity index (χ0) is 12.9. The molecule has 0 amide bonds. The number of carbonyl (C=O) groups is 1. The van der Waals surface area contributed by atoms with E-state index in [1.54, 1.807) is 0 Å². The number of hydrogen-bond acceptors (Lipinski definition) is 3. The molecule has 0 aromatic heterocycles. The lowest BCUT2D eigenvalue weighted by molar-refractivity contribution is -0.116. The van der Waals surface area contributed by atoms with Gasteiger partial charge in [0.05, 0.1) is 0 Å². The molecule has 1 aliphatic heterocycles. The molecular weight excluding hydrogens is 212 g/mol. The fourth-order valence-corrected chi connectivity index (χ4v) is 2.59. The fraction of sp³-hybridized carbons (Fsp3) is 0.929. The number of rotatable bonds is 6. The molecule has 1 rings (SSSR count). The first kappa shape index (κ1) is 14.7. The molecule has 0 N–H and O–H groups in total. The van der Waals surface area contributed by atoms with Crippen molar-refractivity contribution in [2.24, 2.45) is 11.3 Å². The van der Waals surface area contributed by atoms with Gasteiger partial charge in [-0.05, 0) is 52.4 Å². The first-order valence-electron chi connectivity index (χ1n) is 6.82. The maximum absolute atomic E-state index is 11.1. The molecule has 100 valence electrons. The number of likely N-dealkylation sites (tertiary alicyclic amines) is 1. The lowest BCUT2D eigenvalue weighted by atomic mass is 9.87. The molecule has 0 aromatic rings. The number of nitrogens with zero attached hydrogens (tertiary/aromatic N) is 2. The number of hydrogen-bond donors (Lipinski definition) is 0. The first-order valence-corrected chi connectivity index (χ1v) is 6.82. The Kier molecular flexibility index (Phi) is 5.60. The van der Waals surface area contributed by atoms with Crippen LogP contribution >= 0.6 is 0 Å². The van der Waals surface area contributed by atoms with Crippen molar-refractivity contribution in [3.8, 4) is 0 Å². The van der Waals surface area contributed by atoms with Crippen LogP contribution in [-0.4, -0.2) is 56.4 Å². The van der Waals surface area contributed by atoms with E-state index in [4.69, 9.17) is 0 Å². The van der Waals surface area contributed by atoms with Gasteiger partial charge in [0, 0.05) is 18.5 Å². The maximum Gasteiger partial charge on any atom is 0.127 e. The van der Waals surface area contributed by atoms with E-state index in [0.29, 0.717) is 0 Å². The summed E-state index contributed by atoms with van der Waals surface area (Å²) in [4.78, 5) is 15.9. The van der Waals surface area contributed by atoms with E-state index in [1.807, 2.05) is 0 Å². The van der Waals surface area contributed by atoms with Gasteiger partial charge in [0.25, 0.3) is 0 Å². The molecule has 0 bridgehead atoms. The fourth-order valence-electron chi connectivity index (χ4n) is 2.59. The first-order chi connectivity index (χ1) is 7.99. The van der Waals surface area contributed by atoms with Gasteiger partial charge >= 0.3 is 0 Å². The summed E-state index contributed by atoms with van der Waals surface area (Å²) in [6.45, 7) is 8.62. The predicted octanol–water partition coefficient (Wildman–Crippen LogP) is 1.88. The summed E-state index contributed by atoms with van der Waals surface area (Å²) in [6, 6.07) is 0. The van der Waals surface area contributed by atoms with Crippen LogP contribution < -0.4 is 0 Å². The summed E-state index contributed by atoms with van der Waals surface area (Å²) in [7, 11) is 4.29. The van der Waals surface area contributed by atoms with Crippen LogP contribution in [0.3, 0.4) is 0 Å². The van der Waals surface area contributed by atoms with Crippen molar-refractivity contribution < 1.29 is 4.79 Å². The number of aldehydes is 1. The SMILES string of the molecule is CCC(C)(C=O)CN1CCC(CN(C)C)CC1. The van der Waals surface area contributed by atoms with E-state index in [-0.39, 0.29) is 5.41 Å². The van der Waals surface area contributed by atoms with Gasteiger partial charge < -0.3 is 14.6 Å². The Morgan fingerprint density at radius 1 is 1.35 bits per heavy atom. The normalized spacial score (nSPS) is 22.6. The molecule has 1 aliphatic rings. The highest BCUT2D eigenvalue weighted by molar-refractivity contribution is 5.58. The van der Waals surface area contributed by atoms with Gasteiger partial charge in [-0.1, -0.05) is 13.8 Å². The van der Waals surface area contributed by atoms with Gasteiger partial charge in [-0.15, -0.1) is 0 Å². The van der Waals surface area contributed by atoms with Crippen LogP contribution in [-0.2, 0) is 4.79 Å². The molecule has 1 fully saturated rings. The molecule has 0 saturated carbocycles. The maximum atomic E-state index is 11.1. The second-order valence-electron chi connectivity index (χ2n) is 6.11. The smallest absolute Gasteiger partial charge is 0.127 e. The van der Waals surface area contributed by atoms with E-state index in [1.165, 1.54) is 19.4 Å². The lowest BCUT2D eigenvalue weighted by Gasteiger charge is -2.37. The number of piperidine rings is 1. The third-order valence-electron chi connectivity index (χ3n) is 4.01. The van der Waals surface area contributed by atoms with Crippen LogP contribution in [0.2, 0.25) is 0 Å². The van der Waals surface area contributed by atoms with Crippen molar-refractivity contribution in [2.45, 2.75) is 33.1 Å². The second kappa shape index (κ2) is 6.50. The molecular formula is C14H28N2O. The Bertz CT molecular complexity index is 234. The summed E-state index contributed by atoms with van der Waals surface area (Å²) in [5.74, 6) is 0.838. The van der Waals surface area contributed by atoms with Gasteiger partial charge in [-0.2, -0.15) is 0 Å². The Balaban J connectivity index is 2.34. The summed E-state index contributed by atoms with van der Waals surface area (Å²) >= 11 is 0. The van der Waals surface area contributed by atoms with E-state index in [9.17, 15) is 4.79 Å². The van der Waals surface area contributed by atoms with E-state index in [0.717, 1.165) is 38.3 Å². The molecule has 1 atom stereocenters. The van der Waals surface area contributed by atoms with Crippen LogP contribution in [0.15, 0.2) is 0 Å². The lowest BCUT2D eigenvalue weighted by Crippen LogP contribution is -2.42. The molecule has 17 heavy (non-hydrogen) atoms. The van der Waals surface area contributed by atoms with Crippen LogP contribution in [0.4, 0.5) is 0 Å². The van der Waals surface area contributed by atoms with Gasteiger partial charge in [0.15, 0.2) is 0 Å². The third-order valence-corrected chi connectivity index (χ3v) is 4.01. The minimum absolute atomic E-state index is 0.144. The Morgan fingerprint density at radius 2 is 1.94 bits per heavy atom. The zero-order valence-electron chi connectivity index (χ0n) is 11.9. The highest BCUT2D eigenvalue weighted by atomic mass is 16.1. The van der Waals surface area contributed by atoms with Crippen LogP contribution in [0.5, 0.6) is 0 Å². The summed E-state index contributed by atoms with van der Waals surface area (Å²) in [5, 5.41) is 0. The Hall–Kier alpha value is -0.410. The van der Waals surface area contributed by atoms with Crippen molar-refractivity contribution in [2.75, 3.05) is 40.3 Å². The predicted molar refractivity (Wildman–Crippen MR) is 72.2 cm³/mol. The van der Waals surface area contributed by atoms with E-state index >= 15 is 0 Å². The zero-order valence-corrected chi connectivity index (χ0v) is 11.9. The molecule has 0 aliphatic carbocycles. The highest BCUT2D eigenvalue weighted by Gasteiger charge is 2.27. The standard InChI is InChI=1S/C14H28N2O/c1-5-14(2,12-17)11-16-8-6-13(7-9-16)10-15(3)4/h12-13H,5-11H2,1-4H3. The quantitative estimate of drug-likeness (QED) is 0.662. The summed E-state index contributed by atoms with van der Waals surface area (Å²) in [6.07, 6.45) is 4.63. The molecule has 0 spiro atoms. The molecule has 1 heterocycles. The van der Waals surface area contributed by atoms with Gasteiger partial charge in [0.2, 0.25) is 0 Å². The van der Waals surface area contributed by atoms with Crippen molar-refractivity contribution in [1.82, 2.24) is 9.80 Å². The highest BCUT2D eigenvalue weighted by Crippen LogP contribution is 2.24. The molecule has 3 nitrogen and oxygen atoms in total. The Morgan fingerprint density at radius 3 is 2.35 bits per heavy atom. The molecule has 3 heteroatoms. The van der Waals surface area contributed by atoms with Crippen LogP contribution in [0, 0.1) is 11.3 Å². The largest absolute Gasteiger partial charge is 0.309 e. The van der Waals surface area contributed by atoms with Crippen molar-refractivity contribution >= 4 is 6.29 Å². The second-order valence-corrected chi connectivity index (χ2v) is 6.11. The Labute approximate surface area is 106 Å². The average Bonchev–Trinajstić information content (AvgIpc) is 2.31. The average molecular weight is 240 g/mol. The van der Waals surface area contributed by atoms with Gasteiger partial charge in [-0.25, -0.2) is 0 Å². The van der Waals surface area contributed by atoms with Gasteiger partial charge in [0.1, 0.15) is 6.29 Å². The van der Waals surface area contributed by atoms with Gasteiger partial charge in [-0.3, -0.25) is 0 Å². The molecule has 1 saturated heterocycles. The minimum Gasteiger partial charge on any atom is -0.309 e. The number of carbonyl (C=O) groups excluding carboxylic acids is 1. The summed E-state index contributed by atoms with van der Waals surface area (Å²) < 4.78 is 0. The monoisotopic (exact) mass is 240 g/mol. The topological polar surface area (TPSA) is 23.6 Å². The molecule has 0 aromatic carbocycles.